The highest BCUT2D eigenvalue weighted by atomic mass is 32.2. The van der Waals surface area contributed by atoms with Crippen LogP contribution in [0.15, 0.2) is 52.5 Å². The molecule has 2 N–H and O–H groups in total. The smallest absolute Gasteiger partial charge is 0.305 e. The van der Waals surface area contributed by atoms with Gasteiger partial charge < -0.3 is 10.4 Å². The summed E-state index contributed by atoms with van der Waals surface area (Å²) >= 11 is 1.49. The lowest BCUT2D eigenvalue weighted by atomic mass is 9.90. The molecule has 2 amide bonds. The molecule has 174 valence electrons. The number of nitrogens with zero attached hydrogens (tertiary/aromatic N) is 2. The van der Waals surface area contributed by atoms with E-state index in [-0.39, 0.29) is 18.2 Å². The molecule has 0 radical (unpaired) electrons. The van der Waals surface area contributed by atoms with Crippen molar-refractivity contribution in [1.29, 1.82) is 0 Å². The molecule has 1 unspecified atom stereocenters. The van der Waals surface area contributed by atoms with Crippen LogP contribution in [0, 0.1) is 11.8 Å². The highest BCUT2D eigenvalue weighted by Crippen LogP contribution is 2.48. The van der Waals surface area contributed by atoms with Crippen molar-refractivity contribution in [1.82, 2.24) is 10.3 Å². The third kappa shape index (κ3) is 5.57. The summed E-state index contributed by atoms with van der Waals surface area (Å²) in [6, 6.07) is 7.63. The molecule has 1 aliphatic rings. The van der Waals surface area contributed by atoms with Crippen molar-refractivity contribution < 1.29 is 28.7 Å². The largest absolute Gasteiger partial charge is 0.481 e. The summed E-state index contributed by atoms with van der Waals surface area (Å²) < 4.78 is 12.9. The summed E-state index contributed by atoms with van der Waals surface area (Å²) in [6.45, 7) is 2.10. The number of fused-ring (bicyclic) bond motifs is 2. The lowest BCUT2D eigenvalue weighted by Crippen LogP contribution is -2.47. The number of carbonyl (C=O) groups is 4. The van der Waals surface area contributed by atoms with Crippen LogP contribution >= 0.6 is 11.8 Å². The van der Waals surface area contributed by atoms with Gasteiger partial charge in [0.25, 0.3) is 0 Å². The van der Waals surface area contributed by atoms with E-state index < -0.39 is 42.7 Å². The van der Waals surface area contributed by atoms with E-state index in [1.807, 2.05) is 24.3 Å². The Hall–Kier alpha value is -3.27. The lowest BCUT2D eigenvalue weighted by molar-refractivity contribution is -0.141. The molecule has 33 heavy (non-hydrogen) atoms. The van der Waals surface area contributed by atoms with E-state index in [2.05, 4.69) is 10.3 Å². The zero-order valence-electron chi connectivity index (χ0n) is 18.2. The topological polar surface area (TPSA) is 117 Å². The minimum absolute atomic E-state index is 0.187. The van der Waals surface area contributed by atoms with Gasteiger partial charge in [0.15, 0.2) is 5.78 Å². The molecule has 0 bridgehead atoms. The van der Waals surface area contributed by atoms with Gasteiger partial charge in [0.2, 0.25) is 11.8 Å². The predicted molar refractivity (Wildman–Crippen MR) is 120 cm³/mol. The standard InChI is InChI=1S/C23H24FN3O5S/c1-13(2)14(23(32)26-15(10-22(30)31)18(28)11-24)9-21(29)27-16-5-3-4-6-19(16)33-20-12-25-8-7-17(20)27/h3-8,12-15H,9-11H2,1-2H3,(H,26,32)(H,30,31)/t14-,15?/m1/s1. The van der Waals surface area contributed by atoms with Crippen molar-refractivity contribution in [2.24, 2.45) is 11.8 Å². The highest BCUT2D eigenvalue weighted by molar-refractivity contribution is 7.99. The number of rotatable bonds is 9. The number of hydrogen-bond donors (Lipinski definition) is 2. The maximum Gasteiger partial charge on any atom is 0.305 e. The number of carboxylic acids is 1. The molecule has 2 aromatic rings. The number of aromatic nitrogens is 1. The molecule has 2 atom stereocenters. The van der Waals surface area contributed by atoms with Crippen molar-refractivity contribution in [2.45, 2.75) is 42.5 Å². The van der Waals surface area contributed by atoms with E-state index in [9.17, 15) is 23.6 Å². The number of Topliss-reactive ketones (excluding diaryl/α,β-unsaturated/α-hetero) is 1. The quantitative estimate of drug-likeness (QED) is 0.573. The van der Waals surface area contributed by atoms with Gasteiger partial charge in [-0.25, -0.2) is 4.39 Å². The summed E-state index contributed by atoms with van der Waals surface area (Å²) in [4.78, 5) is 56.6. The Balaban J connectivity index is 1.86. The molecule has 0 fully saturated rings. The summed E-state index contributed by atoms with van der Waals surface area (Å²) in [5, 5.41) is 11.3. The zero-order chi connectivity index (χ0) is 24.1. The van der Waals surface area contributed by atoms with Gasteiger partial charge in [0.05, 0.1) is 22.7 Å². The first-order valence-corrected chi connectivity index (χ1v) is 11.2. The van der Waals surface area contributed by atoms with Crippen LogP contribution in [0.3, 0.4) is 0 Å². The van der Waals surface area contributed by atoms with Crippen LogP contribution < -0.4 is 10.2 Å². The Morgan fingerprint density at radius 2 is 1.79 bits per heavy atom. The van der Waals surface area contributed by atoms with Crippen molar-refractivity contribution in [3.05, 3.63) is 42.7 Å². The Kier molecular flexibility index (Phi) is 7.80. The molecule has 0 saturated heterocycles. The minimum Gasteiger partial charge on any atom is -0.481 e. The summed E-state index contributed by atoms with van der Waals surface area (Å²) in [5.41, 5.74) is 1.34. The second kappa shape index (κ2) is 10.6. The molecule has 8 nitrogen and oxygen atoms in total. The van der Waals surface area contributed by atoms with Gasteiger partial charge in [-0.2, -0.15) is 0 Å². The van der Waals surface area contributed by atoms with E-state index >= 15 is 0 Å². The van der Waals surface area contributed by atoms with Crippen LogP contribution in [0.4, 0.5) is 15.8 Å². The first-order chi connectivity index (χ1) is 15.7. The number of amides is 2. The third-order valence-electron chi connectivity index (χ3n) is 5.33. The molecule has 1 aromatic carbocycles. The number of ketones is 1. The third-order valence-corrected chi connectivity index (χ3v) is 6.43. The number of carbonyl (C=O) groups excluding carboxylic acids is 3. The molecule has 1 aromatic heterocycles. The lowest BCUT2D eigenvalue weighted by Gasteiger charge is -2.32. The van der Waals surface area contributed by atoms with Gasteiger partial charge in [0, 0.05) is 29.6 Å². The average Bonchev–Trinajstić information content (AvgIpc) is 2.79. The van der Waals surface area contributed by atoms with Crippen LogP contribution in [0.5, 0.6) is 0 Å². The highest BCUT2D eigenvalue weighted by Gasteiger charge is 2.34. The Bertz CT molecular complexity index is 1030. The normalized spacial score (nSPS) is 14.1. The van der Waals surface area contributed by atoms with Crippen molar-refractivity contribution in [2.75, 3.05) is 11.6 Å². The Labute approximate surface area is 194 Å². The van der Waals surface area contributed by atoms with Gasteiger partial charge in [0.1, 0.15) is 12.7 Å². The first kappa shape index (κ1) is 24.4. The Morgan fingerprint density at radius 3 is 2.45 bits per heavy atom. The number of carboxylic acid groups (broad SMARTS) is 1. The molecule has 3 rings (SSSR count). The maximum absolute atomic E-state index is 13.5. The van der Waals surface area contributed by atoms with E-state index in [0.717, 1.165) is 9.79 Å². The van der Waals surface area contributed by atoms with Crippen LogP contribution in [0.2, 0.25) is 0 Å². The molecular weight excluding hydrogens is 449 g/mol. The molecule has 0 spiro atoms. The van der Waals surface area contributed by atoms with E-state index in [4.69, 9.17) is 5.11 Å². The fraction of sp³-hybridized carbons (Fsp3) is 0.348. The molecule has 0 aliphatic carbocycles. The molecule has 2 heterocycles. The monoisotopic (exact) mass is 473 g/mol. The van der Waals surface area contributed by atoms with Gasteiger partial charge in [-0.3, -0.25) is 29.1 Å². The number of pyridine rings is 1. The average molecular weight is 474 g/mol. The molecule has 10 heteroatoms. The molecular formula is C23H24FN3O5S. The second-order valence-corrected chi connectivity index (χ2v) is 9.04. The van der Waals surface area contributed by atoms with Gasteiger partial charge in [-0.05, 0) is 24.1 Å². The van der Waals surface area contributed by atoms with Crippen molar-refractivity contribution in [3.8, 4) is 0 Å². The predicted octanol–water partition coefficient (Wildman–Crippen LogP) is 3.37. The summed E-state index contributed by atoms with van der Waals surface area (Å²) in [7, 11) is 0. The van der Waals surface area contributed by atoms with Crippen LogP contribution in [0.25, 0.3) is 0 Å². The van der Waals surface area contributed by atoms with E-state index in [1.54, 1.807) is 37.2 Å². The number of halogens is 1. The number of benzene rings is 1. The van der Waals surface area contributed by atoms with Crippen LogP contribution in [-0.2, 0) is 19.2 Å². The first-order valence-electron chi connectivity index (χ1n) is 10.4. The van der Waals surface area contributed by atoms with Crippen LogP contribution in [-0.4, -0.2) is 46.4 Å². The zero-order valence-corrected chi connectivity index (χ0v) is 19.0. The maximum atomic E-state index is 13.5. The number of hydrogen-bond acceptors (Lipinski definition) is 6. The SMILES string of the molecule is CC(C)[C@@H](CC(=O)N1c2ccccc2Sc2cnccc21)C(=O)NC(CC(=O)O)C(=O)CF. The summed E-state index contributed by atoms with van der Waals surface area (Å²) in [5.74, 6) is -4.52. The minimum atomic E-state index is -1.49. The van der Waals surface area contributed by atoms with Crippen molar-refractivity contribution >= 4 is 46.7 Å². The number of nitrogens with one attached hydrogen (secondary N) is 1. The molecule has 1 aliphatic heterocycles. The summed E-state index contributed by atoms with van der Waals surface area (Å²) in [6.07, 6.45) is 2.33. The van der Waals surface area contributed by atoms with E-state index in [0.29, 0.717) is 11.4 Å². The fourth-order valence-electron chi connectivity index (χ4n) is 3.58. The second-order valence-electron chi connectivity index (χ2n) is 7.96. The van der Waals surface area contributed by atoms with Crippen molar-refractivity contribution in [3.63, 3.8) is 0 Å². The number of para-hydroxylation sites is 1. The molecule has 0 saturated carbocycles. The fourth-order valence-corrected chi connectivity index (χ4v) is 4.61. The Morgan fingerprint density at radius 1 is 1.09 bits per heavy atom. The number of aliphatic carboxylic acids is 1. The van der Waals surface area contributed by atoms with Gasteiger partial charge in [-0.15, -0.1) is 0 Å². The van der Waals surface area contributed by atoms with E-state index in [1.165, 1.54) is 11.8 Å². The van der Waals surface area contributed by atoms with Gasteiger partial charge in [-0.1, -0.05) is 37.7 Å². The van der Waals surface area contributed by atoms with Crippen LogP contribution in [0.1, 0.15) is 26.7 Å². The number of alkyl halides is 1. The van der Waals surface area contributed by atoms with Gasteiger partial charge >= 0.3 is 5.97 Å². The number of anilines is 2.